The van der Waals surface area contributed by atoms with Gasteiger partial charge in [0.2, 0.25) is 0 Å². The molecule has 18 heavy (non-hydrogen) atoms. The molecule has 2 rings (SSSR count). The summed E-state index contributed by atoms with van der Waals surface area (Å²) in [6, 6.07) is 3.55. The molecule has 0 aliphatic carbocycles. The van der Waals surface area contributed by atoms with Gasteiger partial charge in [-0.1, -0.05) is 0 Å². The summed E-state index contributed by atoms with van der Waals surface area (Å²) in [6.45, 7) is 5.61. The second kappa shape index (κ2) is 4.56. The number of amides is 1. The summed E-state index contributed by atoms with van der Waals surface area (Å²) in [7, 11) is 0. The highest BCUT2D eigenvalue weighted by atomic mass is 16.1. The van der Waals surface area contributed by atoms with Crippen LogP contribution in [-0.2, 0) is 5.54 Å². The first-order chi connectivity index (χ1) is 8.49. The Balaban J connectivity index is 2.14. The smallest absolute Gasteiger partial charge is 0.253 e. The third-order valence-corrected chi connectivity index (χ3v) is 2.65. The van der Waals surface area contributed by atoms with E-state index in [0.717, 1.165) is 5.69 Å². The maximum absolute atomic E-state index is 12.1. The molecule has 0 aromatic carbocycles. The molecular weight excluding hydrogens is 230 g/mol. The molecule has 0 aliphatic heterocycles. The minimum absolute atomic E-state index is 0.185. The monoisotopic (exact) mass is 245 g/mol. The Labute approximate surface area is 105 Å². The zero-order chi connectivity index (χ0) is 13.2. The molecule has 94 valence electrons. The van der Waals surface area contributed by atoms with Gasteiger partial charge in [0.15, 0.2) is 0 Å². The highest BCUT2D eigenvalue weighted by Gasteiger charge is 2.26. The number of pyridine rings is 1. The first-order valence-electron chi connectivity index (χ1n) is 5.60. The molecule has 0 bridgehead atoms. The first kappa shape index (κ1) is 12.2. The highest BCUT2D eigenvalue weighted by molar-refractivity contribution is 5.94. The summed E-state index contributed by atoms with van der Waals surface area (Å²) < 4.78 is 0. The fourth-order valence-electron chi connectivity index (χ4n) is 1.52. The molecule has 6 nitrogen and oxygen atoms in total. The second-order valence-corrected chi connectivity index (χ2v) is 4.62. The number of rotatable bonds is 3. The topological polar surface area (TPSA) is 83.6 Å². The van der Waals surface area contributed by atoms with E-state index in [0.29, 0.717) is 11.3 Å². The molecule has 2 heterocycles. The van der Waals surface area contributed by atoms with Crippen LogP contribution in [0.3, 0.4) is 0 Å². The molecule has 2 aromatic heterocycles. The lowest BCUT2D eigenvalue weighted by molar-refractivity contribution is 0.0910. The second-order valence-electron chi connectivity index (χ2n) is 4.62. The number of nitrogens with zero attached hydrogens (tertiary/aromatic N) is 3. The van der Waals surface area contributed by atoms with Crippen LogP contribution in [0, 0.1) is 6.92 Å². The van der Waals surface area contributed by atoms with Crippen LogP contribution in [-0.4, -0.2) is 26.3 Å². The van der Waals surface area contributed by atoms with Gasteiger partial charge < -0.3 is 5.32 Å². The minimum atomic E-state index is -0.588. The maximum Gasteiger partial charge on any atom is 0.253 e. The Hall–Kier alpha value is -2.24. The van der Waals surface area contributed by atoms with Crippen molar-refractivity contribution < 1.29 is 4.79 Å². The third kappa shape index (κ3) is 2.53. The molecule has 6 heteroatoms. The minimum Gasteiger partial charge on any atom is -0.341 e. The quantitative estimate of drug-likeness (QED) is 0.850. The lowest BCUT2D eigenvalue weighted by atomic mass is 10.0. The van der Waals surface area contributed by atoms with Gasteiger partial charge in [-0.05, 0) is 32.9 Å². The average molecular weight is 245 g/mol. The zero-order valence-electron chi connectivity index (χ0n) is 10.6. The van der Waals surface area contributed by atoms with Crippen molar-refractivity contribution in [2.75, 3.05) is 0 Å². The van der Waals surface area contributed by atoms with Crippen LogP contribution in [0.25, 0.3) is 0 Å². The van der Waals surface area contributed by atoms with E-state index >= 15 is 0 Å². The SMILES string of the molecule is Cc1ccc(C(=O)NC(C)(C)c2cn[nH]n2)cn1. The molecule has 0 unspecified atom stereocenters. The van der Waals surface area contributed by atoms with Crippen molar-refractivity contribution in [3.8, 4) is 0 Å². The Morgan fingerprint density at radius 2 is 2.11 bits per heavy atom. The third-order valence-electron chi connectivity index (χ3n) is 2.65. The summed E-state index contributed by atoms with van der Waals surface area (Å²) in [5.41, 5.74) is 1.49. The average Bonchev–Trinajstić information content (AvgIpc) is 2.83. The Bertz CT molecular complexity index is 530. The fourth-order valence-corrected chi connectivity index (χ4v) is 1.52. The molecule has 0 saturated heterocycles. The molecule has 0 saturated carbocycles. The van der Waals surface area contributed by atoms with Gasteiger partial charge in [-0.3, -0.25) is 9.78 Å². The fraction of sp³-hybridized carbons (Fsp3) is 0.333. The van der Waals surface area contributed by atoms with Crippen molar-refractivity contribution in [2.24, 2.45) is 0 Å². The van der Waals surface area contributed by atoms with Crippen molar-refractivity contribution in [3.05, 3.63) is 41.5 Å². The van der Waals surface area contributed by atoms with Crippen LogP contribution in [0.1, 0.15) is 35.6 Å². The molecule has 1 amide bonds. The number of aromatic nitrogens is 4. The predicted octanol–water partition coefficient (Wildman–Crippen LogP) is 1.17. The molecule has 0 aliphatic rings. The van der Waals surface area contributed by atoms with Crippen molar-refractivity contribution in [1.82, 2.24) is 25.7 Å². The van der Waals surface area contributed by atoms with Gasteiger partial charge in [0.05, 0.1) is 17.3 Å². The summed E-state index contributed by atoms with van der Waals surface area (Å²) in [5.74, 6) is -0.185. The molecule has 0 fully saturated rings. The van der Waals surface area contributed by atoms with Crippen molar-refractivity contribution in [2.45, 2.75) is 26.3 Å². The summed E-state index contributed by atoms with van der Waals surface area (Å²) >= 11 is 0. The van der Waals surface area contributed by atoms with E-state index in [1.54, 1.807) is 24.5 Å². The molecule has 0 radical (unpaired) electrons. The lowest BCUT2D eigenvalue weighted by Crippen LogP contribution is -2.41. The number of aromatic amines is 1. The van der Waals surface area contributed by atoms with Gasteiger partial charge in [-0.15, -0.1) is 0 Å². The first-order valence-corrected chi connectivity index (χ1v) is 5.60. The Morgan fingerprint density at radius 3 is 2.67 bits per heavy atom. The van der Waals surface area contributed by atoms with E-state index in [1.165, 1.54) is 0 Å². The Morgan fingerprint density at radius 1 is 1.33 bits per heavy atom. The Kier molecular flexibility index (Phi) is 3.10. The van der Waals surface area contributed by atoms with Crippen molar-refractivity contribution in [3.63, 3.8) is 0 Å². The van der Waals surface area contributed by atoms with Gasteiger partial charge >= 0.3 is 0 Å². The van der Waals surface area contributed by atoms with Gasteiger partial charge in [-0.25, -0.2) is 0 Å². The molecule has 2 N–H and O–H groups in total. The molecule has 0 spiro atoms. The number of hydrogen-bond donors (Lipinski definition) is 2. The van der Waals surface area contributed by atoms with Gasteiger partial charge in [0, 0.05) is 11.9 Å². The van der Waals surface area contributed by atoms with Gasteiger partial charge in [0.25, 0.3) is 5.91 Å². The van der Waals surface area contributed by atoms with Crippen LogP contribution in [0.15, 0.2) is 24.5 Å². The van der Waals surface area contributed by atoms with Crippen molar-refractivity contribution >= 4 is 5.91 Å². The summed E-state index contributed by atoms with van der Waals surface area (Å²) in [6.07, 6.45) is 3.15. The van der Waals surface area contributed by atoms with Gasteiger partial charge in [-0.2, -0.15) is 15.4 Å². The van der Waals surface area contributed by atoms with Crippen LogP contribution in [0.2, 0.25) is 0 Å². The van der Waals surface area contributed by atoms with E-state index < -0.39 is 5.54 Å². The molecular formula is C12H15N5O. The highest BCUT2D eigenvalue weighted by Crippen LogP contribution is 2.16. The van der Waals surface area contributed by atoms with Gasteiger partial charge in [0.1, 0.15) is 5.69 Å². The van der Waals surface area contributed by atoms with Crippen LogP contribution >= 0.6 is 0 Å². The lowest BCUT2D eigenvalue weighted by Gasteiger charge is -2.23. The number of carbonyl (C=O) groups is 1. The summed E-state index contributed by atoms with van der Waals surface area (Å²) in [5, 5.41) is 13.1. The largest absolute Gasteiger partial charge is 0.341 e. The summed E-state index contributed by atoms with van der Waals surface area (Å²) in [4.78, 5) is 16.2. The van der Waals surface area contributed by atoms with E-state index in [4.69, 9.17) is 0 Å². The molecule has 0 atom stereocenters. The normalized spacial score (nSPS) is 11.3. The van der Waals surface area contributed by atoms with E-state index in [2.05, 4.69) is 25.7 Å². The maximum atomic E-state index is 12.1. The number of nitrogens with one attached hydrogen (secondary N) is 2. The van der Waals surface area contributed by atoms with E-state index in [-0.39, 0.29) is 5.91 Å². The van der Waals surface area contributed by atoms with Crippen molar-refractivity contribution in [1.29, 1.82) is 0 Å². The predicted molar refractivity (Wildman–Crippen MR) is 65.8 cm³/mol. The number of hydrogen-bond acceptors (Lipinski definition) is 4. The number of carbonyl (C=O) groups excluding carboxylic acids is 1. The van der Waals surface area contributed by atoms with E-state index in [9.17, 15) is 4.79 Å². The number of H-pyrrole nitrogens is 1. The molecule has 2 aromatic rings. The van der Waals surface area contributed by atoms with E-state index in [1.807, 2.05) is 20.8 Å². The van der Waals surface area contributed by atoms with Crippen LogP contribution < -0.4 is 5.32 Å². The zero-order valence-corrected chi connectivity index (χ0v) is 10.6. The number of aryl methyl sites for hydroxylation is 1. The standard InChI is InChI=1S/C12H15N5O/c1-8-4-5-9(6-13-8)11(18)15-12(2,3)10-7-14-17-16-10/h4-7H,1-3H3,(H,15,18)(H,14,16,17). The van der Waals surface area contributed by atoms with Crippen LogP contribution in [0.5, 0.6) is 0 Å². The van der Waals surface area contributed by atoms with Crippen LogP contribution in [0.4, 0.5) is 0 Å².